The molecule has 1 aliphatic rings. The minimum absolute atomic E-state index is 0.0143. The van der Waals surface area contributed by atoms with Gasteiger partial charge in [0.15, 0.2) is 0 Å². The first-order valence-electron chi connectivity index (χ1n) is 12.0. The maximum atomic E-state index is 13.1. The molecule has 0 aromatic heterocycles. The summed E-state index contributed by atoms with van der Waals surface area (Å²) >= 11 is 0. The molecular formula is C27H35N3O4. The number of likely N-dealkylation sites (tertiary alicyclic amines) is 1. The van der Waals surface area contributed by atoms with Gasteiger partial charge >= 0.3 is 0 Å². The molecule has 7 nitrogen and oxygen atoms in total. The number of nitrogens with zero attached hydrogens (tertiary/aromatic N) is 1. The molecule has 0 aliphatic carbocycles. The summed E-state index contributed by atoms with van der Waals surface area (Å²) < 4.78 is 5.16. The van der Waals surface area contributed by atoms with Gasteiger partial charge in [-0.05, 0) is 61.9 Å². The zero-order chi connectivity index (χ0) is 24.5. The number of hydrogen-bond acceptors (Lipinski definition) is 4. The Labute approximate surface area is 201 Å². The van der Waals surface area contributed by atoms with Gasteiger partial charge < -0.3 is 20.3 Å². The van der Waals surface area contributed by atoms with E-state index in [0.29, 0.717) is 43.7 Å². The zero-order valence-corrected chi connectivity index (χ0v) is 20.3. The standard InChI is InChI=1S/C27H35N3O4/c1-4-19(2)28-27(33)25(29-26(32)22-10-12-23(34-3)13-11-22)21-14-16-30(17-15-21)24(31)18-20-8-6-5-7-9-20/h5-13,19,21,25H,4,14-18H2,1-3H3,(H,28,33)(H,29,32)/t19-,25+/m0/s1. The van der Waals surface area contributed by atoms with Gasteiger partial charge in [0.05, 0.1) is 13.5 Å². The van der Waals surface area contributed by atoms with E-state index in [9.17, 15) is 14.4 Å². The Morgan fingerprint density at radius 2 is 1.65 bits per heavy atom. The average Bonchev–Trinajstić information content (AvgIpc) is 2.87. The predicted molar refractivity (Wildman–Crippen MR) is 132 cm³/mol. The summed E-state index contributed by atoms with van der Waals surface area (Å²) in [5.41, 5.74) is 1.46. The Hall–Kier alpha value is -3.35. The topological polar surface area (TPSA) is 87.7 Å². The van der Waals surface area contributed by atoms with Gasteiger partial charge in [-0.2, -0.15) is 0 Å². The first-order chi connectivity index (χ1) is 16.4. The molecule has 3 amide bonds. The van der Waals surface area contributed by atoms with Gasteiger partial charge in [0.2, 0.25) is 11.8 Å². The Bertz CT molecular complexity index is 954. The van der Waals surface area contributed by atoms with Crippen LogP contribution in [0, 0.1) is 5.92 Å². The van der Waals surface area contributed by atoms with Crippen LogP contribution in [0.5, 0.6) is 5.75 Å². The lowest BCUT2D eigenvalue weighted by atomic mass is 9.88. The van der Waals surface area contributed by atoms with Gasteiger partial charge in [-0.3, -0.25) is 14.4 Å². The van der Waals surface area contributed by atoms with Crippen molar-refractivity contribution in [2.24, 2.45) is 5.92 Å². The lowest BCUT2D eigenvalue weighted by Crippen LogP contribution is -2.55. The van der Waals surface area contributed by atoms with E-state index in [4.69, 9.17) is 4.74 Å². The van der Waals surface area contributed by atoms with Crippen molar-refractivity contribution < 1.29 is 19.1 Å². The van der Waals surface area contributed by atoms with Gasteiger partial charge in [-0.15, -0.1) is 0 Å². The molecule has 2 atom stereocenters. The highest BCUT2D eigenvalue weighted by molar-refractivity contribution is 5.97. The molecule has 1 fully saturated rings. The highest BCUT2D eigenvalue weighted by Gasteiger charge is 2.34. The van der Waals surface area contributed by atoms with Gasteiger partial charge in [-0.1, -0.05) is 37.3 Å². The zero-order valence-electron chi connectivity index (χ0n) is 20.3. The molecule has 0 bridgehead atoms. The molecule has 2 aromatic carbocycles. The fraction of sp³-hybridized carbons (Fsp3) is 0.444. The van der Waals surface area contributed by atoms with E-state index in [0.717, 1.165) is 12.0 Å². The molecule has 1 heterocycles. The van der Waals surface area contributed by atoms with E-state index in [1.54, 1.807) is 31.4 Å². The summed E-state index contributed by atoms with van der Waals surface area (Å²) in [5, 5.41) is 5.97. The largest absolute Gasteiger partial charge is 0.497 e. The minimum atomic E-state index is -0.657. The van der Waals surface area contributed by atoms with Gasteiger partial charge in [0, 0.05) is 24.7 Å². The van der Waals surface area contributed by atoms with E-state index < -0.39 is 6.04 Å². The summed E-state index contributed by atoms with van der Waals surface area (Å²) in [7, 11) is 1.57. The highest BCUT2D eigenvalue weighted by Crippen LogP contribution is 2.23. The third-order valence-corrected chi connectivity index (χ3v) is 6.48. The molecule has 7 heteroatoms. The summed E-state index contributed by atoms with van der Waals surface area (Å²) in [4.78, 5) is 40.6. The second kappa shape index (κ2) is 12.2. The van der Waals surface area contributed by atoms with Crippen LogP contribution in [0.3, 0.4) is 0 Å². The lowest BCUT2D eigenvalue weighted by Gasteiger charge is -2.36. The van der Waals surface area contributed by atoms with E-state index in [2.05, 4.69) is 10.6 Å². The van der Waals surface area contributed by atoms with E-state index in [1.807, 2.05) is 49.1 Å². The van der Waals surface area contributed by atoms with Crippen molar-refractivity contribution in [3.63, 3.8) is 0 Å². The van der Waals surface area contributed by atoms with Crippen LogP contribution in [0.25, 0.3) is 0 Å². The third-order valence-electron chi connectivity index (χ3n) is 6.48. The number of benzene rings is 2. The maximum absolute atomic E-state index is 13.1. The van der Waals surface area contributed by atoms with Crippen molar-refractivity contribution in [1.29, 1.82) is 0 Å². The number of piperidine rings is 1. The van der Waals surface area contributed by atoms with Gasteiger partial charge in [-0.25, -0.2) is 0 Å². The molecule has 34 heavy (non-hydrogen) atoms. The van der Waals surface area contributed by atoms with E-state index in [1.165, 1.54) is 0 Å². The number of methoxy groups -OCH3 is 1. The quantitative estimate of drug-likeness (QED) is 0.595. The third kappa shape index (κ3) is 6.83. The van der Waals surface area contributed by atoms with Gasteiger partial charge in [0.25, 0.3) is 5.91 Å². The number of amides is 3. The summed E-state index contributed by atoms with van der Waals surface area (Å²) in [6, 6.07) is 15.9. The molecule has 0 radical (unpaired) electrons. The molecule has 182 valence electrons. The van der Waals surface area contributed by atoms with E-state index >= 15 is 0 Å². The lowest BCUT2D eigenvalue weighted by molar-refractivity contribution is -0.132. The second-order valence-electron chi connectivity index (χ2n) is 8.88. The summed E-state index contributed by atoms with van der Waals surface area (Å²) in [6.45, 7) is 5.10. The first kappa shape index (κ1) is 25.3. The van der Waals surface area contributed by atoms with Crippen LogP contribution in [0.2, 0.25) is 0 Å². The summed E-state index contributed by atoms with van der Waals surface area (Å²) in [6.07, 6.45) is 2.49. The molecule has 0 spiro atoms. The summed E-state index contributed by atoms with van der Waals surface area (Å²) in [5.74, 6) is 0.231. The number of carbonyl (C=O) groups excluding carboxylic acids is 3. The normalized spacial score (nSPS) is 15.8. The highest BCUT2D eigenvalue weighted by atomic mass is 16.5. The Balaban J connectivity index is 1.65. The average molecular weight is 466 g/mol. The van der Waals surface area contributed by atoms with Crippen molar-refractivity contribution in [3.8, 4) is 5.75 Å². The van der Waals surface area contributed by atoms with Crippen molar-refractivity contribution in [1.82, 2.24) is 15.5 Å². The number of rotatable bonds is 9. The number of nitrogens with one attached hydrogen (secondary N) is 2. The van der Waals surface area contributed by atoms with Crippen LogP contribution < -0.4 is 15.4 Å². The molecule has 0 unspecified atom stereocenters. The molecule has 0 saturated carbocycles. The van der Waals surface area contributed by atoms with Crippen molar-refractivity contribution in [2.75, 3.05) is 20.2 Å². The molecule has 2 N–H and O–H groups in total. The van der Waals surface area contributed by atoms with Crippen molar-refractivity contribution >= 4 is 17.7 Å². The second-order valence-corrected chi connectivity index (χ2v) is 8.88. The molecule has 2 aromatic rings. The monoisotopic (exact) mass is 465 g/mol. The van der Waals surface area contributed by atoms with Crippen LogP contribution >= 0.6 is 0 Å². The number of carbonyl (C=O) groups is 3. The van der Waals surface area contributed by atoms with Crippen molar-refractivity contribution in [3.05, 3.63) is 65.7 Å². The predicted octanol–water partition coefficient (Wildman–Crippen LogP) is 3.19. The number of hydrogen-bond donors (Lipinski definition) is 2. The van der Waals surface area contributed by atoms with Crippen molar-refractivity contribution in [2.45, 2.75) is 51.6 Å². The Morgan fingerprint density at radius 3 is 2.24 bits per heavy atom. The minimum Gasteiger partial charge on any atom is -0.497 e. The van der Waals surface area contributed by atoms with Gasteiger partial charge in [0.1, 0.15) is 11.8 Å². The van der Waals surface area contributed by atoms with Crippen LogP contribution in [0.1, 0.15) is 49.0 Å². The SMILES string of the molecule is CC[C@H](C)NC(=O)[C@H](NC(=O)c1ccc(OC)cc1)C1CCN(C(=O)Cc2ccccc2)CC1. The number of ether oxygens (including phenoxy) is 1. The van der Waals surface area contributed by atoms with Crippen LogP contribution in [0.15, 0.2) is 54.6 Å². The Kier molecular flexibility index (Phi) is 9.08. The molecule has 3 rings (SSSR count). The Morgan fingerprint density at radius 1 is 1.00 bits per heavy atom. The molecule has 1 saturated heterocycles. The maximum Gasteiger partial charge on any atom is 0.251 e. The fourth-order valence-corrected chi connectivity index (χ4v) is 4.16. The fourth-order valence-electron chi connectivity index (χ4n) is 4.16. The van der Waals surface area contributed by atoms with Crippen LogP contribution in [-0.2, 0) is 16.0 Å². The van der Waals surface area contributed by atoms with E-state index in [-0.39, 0.29) is 29.7 Å². The molecular weight excluding hydrogens is 430 g/mol. The van der Waals surface area contributed by atoms with Crippen LogP contribution in [0.4, 0.5) is 0 Å². The smallest absolute Gasteiger partial charge is 0.251 e. The first-order valence-corrected chi connectivity index (χ1v) is 12.0. The van der Waals surface area contributed by atoms with Crippen LogP contribution in [-0.4, -0.2) is 54.9 Å². The molecule has 1 aliphatic heterocycles.